The Morgan fingerprint density at radius 1 is 0.889 bits per heavy atom. The van der Waals surface area contributed by atoms with Crippen molar-refractivity contribution >= 4 is 50.5 Å². The Hall–Kier alpha value is -3.61. The smallest absolute Gasteiger partial charge is 0.278 e. The van der Waals surface area contributed by atoms with Crippen LogP contribution in [0.25, 0.3) is 44.7 Å². The van der Waals surface area contributed by atoms with Crippen LogP contribution in [-0.4, -0.2) is 30.9 Å². The first-order chi connectivity index (χ1) is 13.0. The monoisotopic (exact) mass is 357 g/mol. The summed E-state index contributed by atoms with van der Waals surface area (Å²) in [6.07, 6.45) is 5.60. The summed E-state index contributed by atoms with van der Waals surface area (Å²) in [5, 5.41) is 22.2. The highest BCUT2D eigenvalue weighted by Gasteiger charge is 2.30. The van der Waals surface area contributed by atoms with Crippen LogP contribution in [0.5, 0.6) is 0 Å². The second-order valence-electron chi connectivity index (χ2n) is 7.02. The standard InChI is InChI=1S/C20H11N3O4/c24-7-1-2-9-12(4-7)22-19-15(9)16-11(6-21-20(16)27)14-10-3-8(25)5-13(26)17(10)23-18(14)19/h3-4,6,24-25H,1-2,5H2. The van der Waals surface area contributed by atoms with E-state index in [1.165, 1.54) is 12.3 Å². The first kappa shape index (κ1) is 14.5. The Labute approximate surface area is 151 Å². The topological polar surface area (TPSA) is 113 Å². The molecule has 0 radical (unpaired) electrons. The summed E-state index contributed by atoms with van der Waals surface area (Å²) in [4.78, 5) is 38.1. The Morgan fingerprint density at radius 3 is 2.56 bits per heavy atom. The van der Waals surface area contributed by atoms with Crippen LogP contribution >= 0.6 is 0 Å². The molecule has 0 saturated carbocycles. The molecule has 7 nitrogen and oxygen atoms in total. The summed E-state index contributed by atoms with van der Waals surface area (Å²) in [6.45, 7) is 0. The van der Waals surface area contributed by atoms with Gasteiger partial charge in [0.25, 0.3) is 5.56 Å². The second kappa shape index (κ2) is 4.56. The number of aliphatic hydroxyl groups excluding tert-OH is 2. The van der Waals surface area contributed by atoms with Crippen LogP contribution < -0.4 is 5.56 Å². The third-order valence-corrected chi connectivity index (χ3v) is 5.45. The number of carbonyl (C=O) groups is 1. The molecule has 0 bridgehead atoms. The lowest BCUT2D eigenvalue weighted by molar-refractivity contribution is 0.0974. The van der Waals surface area contributed by atoms with Crippen molar-refractivity contribution in [3.8, 4) is 0 Å². The largest absolute Gasteiger partial charge is 0.512 e. The van der Waals surface area contributed by atoms with E-state index in [-0.39, 0.29) is 35.0 Å². The predicted octanol–water partition coefficient (Wildman–Crippen LogP) is 2.90. The third kappa shape index (κ3) is 1.68. The van der Waals surface area contributed by atoms with E-state index in [9.17, 15) is 19.8 Å². The van der Waals surface area contributed by atoms with Crippen molar-refractivity contribution in [1.29, 1.82) is 0 Å². The van der Waals surface area contributed by atoms with E-state index in [0.29, 0.717) is 56.7 Å². The summed E-state index contributed by atoms with van der Waals surface area (Å²) in [7, 11) is 0. The average molecular weight is 357 g/mol. The lowest BCUT2D eigenvalue weighted by Crippen LogP contribution is -2.07. The van der Waals surface area contributed by atoms with Crippen LogP contribution in [0.4, 0.5) is 0 Å². The molecule has 4 aromatic rings. The van der Waals surface area contributed by atoms with Crippen LogP contribution in [0, 0.1) is 0 Å². The molecule has 0 spiro atoms. The first-order valence-corrected chi connectivity index (χ1v) is 8.59. The first-order valence-electron chi connectivity index (χ1n) is 8.59. The number of aromatic nitrogens is 3. The fraction of sp³-hybridized carbons (Fsp3) is 0.150. The number of nitrogens with zero attached hydrogens (tertiary/aromatic N) is 3. The zero-order valence-electron chi connectivity index (χ0n) is 13.9. The lowest BCUT2D eigenvalue weighted by Gasteiger charge is -2.08. The Bertz CT molecular complexity index is 1450. The molecular weight excluding hydrogens is 346 g/mol. The van der Waals surface area contributed by atoms with Crippen LogP contribution in [0.1, 0.15) is 40.2 Å². The number of hydrogen-bond donors (Lipinski definition) is 2. The van der Waals surface area contributed by atoms with Crippen molar-refractivity contribution in [3.63, 3.8) is 0 Å². The van der Waals surface area contributed by atoms with Gasteiger partial charge in [0.1, 0.15) is 11.5 Å². The van der Waals surface area contributed by atoms with Crippen molar-refractivity contribution in [1.82, 2.24) is 15.0 Å². The van der Waals surface area contributed by atoms with Crippen LogP contribution in [-0.2, 0) is 6.42 Å². The molecule has 2 aliphatic carbocycles. The van der Waals surface area contributed by atoms with Gasteiger partial charge in [0.2, 0.25) is 0 Å². The maximum atomic E-state index is 12.5. The second-order valence-corrected chi connectivity index (χ2v) is 7.02. The summed E-state index contributed by atoms with van der Waals surface area (Å²) in [5.74, 6) is -0.0451. The Kier molecular flexibility index (Phi) is 2.46. The number of fused-ring (bicyclic) bond motifs is 10. The molecule has 7 heteroatoms. The van der Waals surface area contributed by atoms with Gasteiger partial charge >= 0.3 is 0 Å². The molecule has 0 unspecified atom stereocenters. The summed E-state index contributed by atoms with van der Waals surface area (Å²) in [5.41, 5.74) is 3.02. The maximum absolute atomic E-state index is 12.5. The molecule has 0 atom stereocenters. The van der Waals surface area contributed by atoms with Crippen molar-refractivity contribution < 1.29 is 15.0 Å². The van der Waals surface area contributed by atoms with Crippen molar-refractivity contribution in [2.45, 2.75) is 19.3 Å². The number of hydrogen-bond acceptors (Lipinski definition) is 7. The molecule has 0 aliphatic heterocycles. The van der Waals surface area contributed by atoms with Gasteiger partial charge in [-0.3, -0.25) is 9.59 Å². The lowest BCUT2D eigenvalue weighted by atomic mass is 9.94. The molecule has 0 fully saturated rings. The molecule has 3 heterocycles. The zero-order valence-corrected chi connectivity index (χ0v) is 13.9. The summed E-state index contributed by atoms with van der Waals surface area (Å²) < 4.78 is 0. The SMILES string of the molecule is O=C1CC(O)=Cc2c1nc1c3nc4c(c3c3c(=O)ncc3c21)CCC(O)=C4. The van der Waals surface area contributed by atoms with E-state index in [2.05, 4.69) is 15.0 Å². The van der Waals surface area contributed by atoms with Crippen LogP contribution in [0.2, 0.25) is 0 Å². The number of allylic oxidation sites excluding steroid dienone is 2. The minimum absolute atomic E-state index is 0.0282. The van der Waals surface area contributed by atoms with Crippen molar-refractivity contribution in [2.75, 3.05) is 0 Å². The molecule has 0 amide bonds. The van der Waals surface area contributed by atoms with Gasteiger partial charge in [-0.2, -0.15) is 0 Å². The molecule has 2 N–H and O–H groups in total. The zero-order chi connectivity index (χ0) is 18.4. The highest BCUT2D eigenvalue weighted by atomic mass is 16.3. The van der Waals surface area contributed by atoms with Crippen molar-refractivity contribution in [3.05, 3.63) is 50.6 Å². The molecule has 2 aliphatic rings. The number of aliphatic hydroxyl groups is 2. The third-order valence-electron chi connectivity index (χ3n) is 5.45. The summed E-state index contributed by atoms with van der Waals surface area (Å²) in [6, 6.07) is 0. The van der Waals surface area contributed by atoms with E-state index >= 15 is 0 Å². The fourth-order valence-electron chi connectivity index (χ4n) is 4.35. The van der Waals surface area contributed by atoms with Gasteiger partial charge in [-0.1, -0.05) is 0 Å². The van der Waals surface area contributed by atoms with E-state index in [1.807, 2.05) is 0 Å². The Morgan fingerprint density at radius 2 is 1.70 bits per heavy atom. The molecule has 27 heavy (non-hydrogen) atoms. The van der Waals surface area contributed by atoms with Crippen molar-refractivity contribution in [2.24, 2.45) is 0 Å². The van der Waals surface area contributed by atoms with Gasteiger partial charge in [0.15, 0.2) is 5.78 Å². The number of carbonyl (C=O) groups excluding carboxylic acids is 1. The molecule has 130 valence electrons. The number of rotatable bonds is 0. The average Bonchev–Trinajstić information content (AvgIpc) is 3.27. The van der Waals surface area contributed by atoms with Gasteiger partial charge in [-0.15, -0.1) is 0 Å². The van der Waals surface area contributed by atoms with Crippen LogP contribution in [0.15, 0.2) is 22.5 Å². The molecular formula is C20H11N3O4. The van der Waals surface area contributed by atoms with Gasteiger partial charge in [-0.05, 0) is 18.1 Å². The molecule has 3 aromatic heterocycles. The molecule has 1 aromatic carbocycles. The van der Waals surface area contributed by atoms with Gasteiger partial charge in [0, 0.05) is 40.4 Å². The molecule has 6 rings (SSSR count). The maximum Gasteiger partial charge on any atom is 0.278 e. The van der Waals surface area contributed by atoms with Gasteiger partial charge in [-0.25, -0.2) is 15.0 Å². The summed E-state index contributed by atoms with van der Waals surface area (Å²) >= 11 is 0. The van der Waals surface area contributed by atoms with E-state index in [1.54, 1.807) is 6.08 Å². The van der Waals surface area contributed by atoms with Gasteiger partial charge in [0.05, 0.1) is 34.3 Å². The van der Waals surface area contributed by atoms with Gasteiger partial charge < -0.3 is 10.2 Å². The minimum atomic E-state index is -0.351. The number of Topliss-reactive ketones (excluding diaryl/α,β-unsaturated/α-hetero) is 1. The van der Waals surface area contributed by atoms with E-state index < -0.39 is 0 Å². The van der Waals surface area contributed by atoms with E-state index in [4.69, 9.17) is 0 Å². The van der Waals surface area contributed by atoms with E-state index in [0.717, 1.165) is 5.56 Å². The number of benzene rings is 1. The number of aryl methyl sites for hydroxylation is 1. The predicted molar refractivity (Wildman–Crippen MR) is 99.5 cm³/mol. The highest BCUT2D eigenvalue weighted by molar-refractivity contribution is 6.28. The minimum Gasteiger partial charge on any atom is -0.512 e. The normalized spacial score (nSPS) is 16.7. The highest BCUT2D eigenvalue weighted by Crippen LogP contribution is 2.42. The molecule has 0 saturated heterocycles. The van der Waals surface area contributed by atoms with Crippen LogP contribution in [0.3, 0.4) is 0 Å². The Balaban J connectivity index is 1.92. The quantitative estimate of drug-likeness (QED) is 0.497. The fourth-order valence-corrected chi connectivity index (χ4v) is 4.35. The number of ketones is 1.